The molecule has 0 bridgehead atoms. The van der Waals surface area contributed by atoms with Crippen LogP contribution in [-0.4, -0.2) is 26.8 Å². The third-order valence-electron chi connectivity index (χ3n) is 8.53. The first kappa shape index (κ1) is 23.7. The van der Waals surface area contributed by atoms with E-state index in [9.17, 15) is 14.4 Å². The number of hydrogen-bond donors (Lipinski definition) is 0. The molecule has 0 amide bonds. The number of fused-ring (bicyclic) bond motifs is 4. The molecule has 0 spiro atoms. The summed E-state index contributed by atoms with van der Waals surface area (Å²) in [5.41, 5.74) is 3.02. The van der Waals surface area contributed by atoms with Crippen molar-refractivity contribution in [2.45, 2.75) is 70.6 Å². The molecule has 3 atom stereocenters. The molecule has 3 aliphatic rings. The number of para-hydroxylation sites is 1. The number of hydrogen-bond acceptors (Lipinski definition) is 6. The molecule has 6 nitrogen and oxygen atoms in total. The number of Topliss-reactive ketones (excluding diaryl/α,β-unsaturated/α-hetero) is 1. The van der Waals surface area contributed by atoms with Gasteiger partial charge in [-0.15, -0.1) is 0 Å². The van der Waals surface area contributed by atoms with Gasteiger partial charge < -0.3 is 4.74 Å². The van der Waals surface area contributed by atoms with Crippen LogP contribution < -0.4 is 4.74 Å². The lowest BCUT2D eigenvalue weighted by atomic mass is 9.58. The van der Waals surface area contributed by atoms with Crippen molar-refractivity contribution < 1.29 is 13.9 Å². The number of alkyl halides is 1. The normalized spacial score (nSPS) is 25.4. The zero-order chi connectivity index (χ0) is 25.7. The SMILES string of the molecule is CC1C(=O)C(C#N)=C[C@@]2(C)c3nc(-c4cc(CF)nc5ccccc45)nc(OC4CCCC4)c3CCC12. The Kier molecular flexibility index (Phi) is 5.78. The monoisotopic (exact) mass is 496 g/mol. The maximum Gasteiger partial charge on any atom is 0.220 e. The highest BCUT2D eigenvalue weighted by atomic mass is 19.1. The van der Waals surface area contributed by atoms with Crippen LogP contribution in [0.25, 0.3) is 22.3 Å². The third-order valence-corrected chi connectivity index (χ3v) is 8.53. The van der Waals surface area contributed by atoms with Crippen molar-refractivity contribution in [3.05, 3.63) is 58.9 Å². The Balaban J connectivity index is 1.61. The van der Waals surface area contributed by atoms with Crippen LogP contribution in [0.5, 0.6) is 5.88 Å². The number of aromatic nitrogens is 3. The largest absolute Gasteiger partial charge is 0.474 e. The summed E-state index contributed by atoms with van der Waals surface area (Å²) in [7, 11) is 0. The van der Waals surface area contributed by atoms with Gasteiger partial charge in [0.25, 0.3) is 0 Å². The lowest BCUT2D eigenvalue weighted by Crippen LogP contribution is -2.46. The number of carbonyl (C=O) groups is 1. The number of benzene rings is 1. The molecule has 0 radical (unpaired) electrons. The highest BCUT2D eigenvalue weighted by molar-refractivity contribution is 6.02. The standard InChI is InChI=1S/C30H29FN4O2/c1-17-24-12-11-22-27(30(24,2)14-18(16-32)26(17)36)34-28(35-29(22)37-20-7-3-4-8-20)23-13-19(15-31)33-25-10-6-5-9-21(23)25/h5-6,9-10,13-14,17,20,24H,3-4,7-8,11-12,15H2,1-2H3/t17?,24?,30-/m1/s1. The van der Waals surface area contributed by atoms with Gasteiger partial charge in [-0.2, -0.15) is 10.2 Å². The summed E-state index contributed by atoms with van der Waals surface area (Å²) in [6, 6.07) is 11.4. The van der Waals surface area contributed by atoms with E-state index in [0.717, 1.165) is 48.7 Å². The predicted octanol–water partition coefficient (Wildman–Crippen LogP) is 5.97. The summed E-state index contributed by atoms with van der Waals surface area (Å²) in [6.45, 7) is 3.30. The summed E-state index contributed by atoms with van der Waals surface area (Å²) in [6.07, 6.45) is 7.65. The van der Waals surface area contributed by atoms with Crippen molar-refractivity contribution in [3.8, 4) is 23.3 Å². The van der Waals surface area contributed by atoms with Crippen molar-refractivity contribution in [2.24, 2.45) is 11.8 Å². The van der Waals surface area contributed by atoms with Crippen LogP contribution in [0.3, 0.4) is 0 Å². The van der Waals surface area contributed by atoms with E-state index in [1.165, 1.54) is 0 Å². The molecular formula is C30H29FN4O2. The topological polar surface area (TPSA) is 88.8 Å². The van der Waals surface area contributed by atoms with Gasteiger partial charge in [-0.1, -0.05) is 38.1 Å². The average molecular weight is 497 g/mol. The zero-order valence-corrected chi connectivity index (χ0v) is 21.1. The third kappa shape index (κ3) is 3.81. The minimum atomic E-state index is -0.693. The number of pyridine rings is 1. The fraction of sp³-hybridized carbons (Fsp3) is 0.433. The highest BCUT2D eigenvalue weighted by Gasteiger charge is 2.50. The molecule has 3 aromatic rings. The maximum atomic E-state index is 13.8. The van der Waals surface area contributed by atoms with Gasteiger partial charge >= 0.3 is 0 Å². The highest BCUT2D eigenvalue weighted by Crippen LogP contribution is 2.51. The van der Waals surface area contributed by atoms with Gasteiger partial charge in [0.05, 0.1) is 22.5 Å². The van der Waals surface area contributed by atoms with Crippen LogP contribution >= 0.6 is 0 Å². The van der Waals surface area contributed by atoms with E-state index in [-0.39, 0.29) is 29.3 Å². The van der Waals surface area contributed by atoms with Gasteiger partial charge in [0.1, 0.15) is 18.8 Å². The van der Waals surface area contributed by atoms with E-state index in [1.54, 1.807) is 6.07 Å². The molecule has 37 heavy (non-hydrogen) atoms. The Bertz CT molecular complexity index is 1490. The predicted molar refractivity (Wildman–Crippen MR) is 137 cm³/mol. The lowest BCUT2D eigenvalue weighted by Gasteiger charge is -2.45. The number of allylic oxidation sites excluding steroid dienone is 2. The van der Waals surface area contributed by atoms with Crippen molar-refractivity contribution >= 4 is 16.7 Å². The molecule has 188 valence electrons. The van der Waals surface area contributed by atoms with E-state index < -0.39 is 12.1 Å². The van der Waals surface area contributed by atoms with Crippen LogP contribution in [0.4, 0.5) is 4.39 Å². The van der Waals surface area contributed by atoms with Crippen molar-refractivity contribution in [1.82, 2.24) is 15.0 Å². The van der Waals surface area contributed by atoms with E-state index in [4.69, 9.17) is 14.7 Å². The van der Waals surface area contributed by atoms with E-state index >= 15 is 0 Å². The molecule has 0 N–H and O–H groups in total. The Morgan fingerprint density at radius 2 is 1.95 bits per heavy atom. The molecule has 1 aromatic carbocycles. The number of nitriles is 1. The number of rotatable bonds is 4. The summed E-state index contributed by atoms with van der Waals surface area (Å²) in [5.74, 6) is 0.666. The van der Waals surface area contributed by atoms with Crippen LogP contribution in [0.15, 0.2) is 42.0 Å². The minimum absolute atomic E-state index is 0.0160. The van der Waals surface area contributed by atoms with Crippen LogP contribution in [0.1, 0.15) is 62.9 Å². The molecule has 1 saturated carbocycles. The van der Waals surface area contributed by atoms with Gasteiger partial charge in [0.2, 0.25) is 5.88 Å². The first-order valence-corrected chi connectivity index (χ1v) is 13.1. The second-order valence-electron chi connectivity index (χ2n) is 10.8. The van der Waals surface area contributed by atoms with E-state index in [2.05, 4.69) is 18.0 Å². The second-order valence-corrected chi connectivity index (χ2v) is 10.8. The molecule has 2 unspecified atom stereocenters. The fourth-order valence-electron chi connectivity index (χ4n) is 6.61. The lowest BCUT2D eigenvalue weighted by molar-refractivity contribution is -0.121. The van der Waals surface area contributed by atoms with E-state index in [1.807, 2.05) is 37.3 Å². The number of ketones is 1. The Morgan fingerprint density at radius 3 is 2.70 bits per heavy atom. The molecule has 6 rings (SSSR count). The minimum Gasteiger partial charge on any atom is -0.474 e. The summed E-state index contributed by atoms with van der Waals surface area (Å²) >= 11 is 0. The van der Waals surface area contributed by atoms with Gasteiger partial charge in [-0.25, -0.2) is 14.4 Å². The number of nitrogens with zero attached hydrogens (tertiary/aromatic N) is 4. The molecule has 3 aliphatic carbocycles. The summed E-state index contributed by atoms with van der Waals surface area (Å²) < 4.78 is 20.4. The van der Waals surface area contributed by atoms with Crippen molar-refractivity contribution in [2.75, 3.05) is 0 Å². The Hall–Kier alpha value is -3.66. The van der Waals surface area contributed by atoms with Crippen LogP contribution in [0.2, 0.25) is 0 Å². The summed E-state index contributed by atoms with van der Waals surface area (Å²) in [5, 5.41) is 10.6. The molecule has 2 heterocycles. The van der Waals surface area contributed by atoms with Gasteiger partial charge in [-0.05, 0) is 56.6 Å². The number of halogens is 1. The fourth-order valence-corrected chi connectivity index (χ4v) is 6.61. The number of ether oxygens (including phenoxy) is 1. The Morgan fingerprint density at radius 1 is 1.16 bits per heavy atom. The first-order chi connectivity index (χ1) is 17.9. The van der Waals surface area contributed by atoms with Crippen LogP contribution in [-0.2, 0) is 23.3 Å². The summed E-state index contributed by atoms with van der Waals surface area (Å²) in [4.78, 5) is 27.4. The Labute approximate surface area is 215 Å². The van der Waals surface area contributed by atoms with Gasteiger partial charge in [0.15, 0.2) is 11.6 Å². The molecule has 7 heteroatoms. The molecule has 2 aromatic heterocycles. The van der Waals surface area contributed by atoms with Gasteiger partial charge in [-0.3, -0.25) is 4.79 Å². The van der Waals surface area contributed by atoms with E-state index in [0.29, 0.717) is 34.9 Å². The first-order valence-electron chi connectivity index (χ1n) is 13.1. The maximum absolute atomic E-state index is 13.8. The van der Waals surface area contributed by atoms with Crippen LogP contribution in [0, 0.1) is 23.2 Å². The van der Waals surface area contributed by atoms with Gasteiger partial charge in [0, 0.05) is 27.8 Å². The van der Waals surface area contributed by atoms with Crippen molar-refractivity contribution in [3.63, 3.8) is 0 Å². The molecule has 0 saturated heterocycles. The van der Waals surface area contributed by atoms with Crippen molar-refractivity contribution in [1.29, 1.82) is 5.26 Å². The molecule has 0 aliphatic heterocycles. The smallest absolute Gasteiger partial charge is 0.220 e. The number of carbonyl (C=O) groups excluding carboxylic acids is 1. The average Bonchev–Trinajstić information content (AvgIpc) is 3.43. The molecular weight excluding hydrogens is 467 g/mol. The quantitative estimate of drug-likeness (QED) is 0.442. The second kappa shape index (κ2) is 9.02. The zero-order valence-electron chi connectivity index (χ0n) is 21.1. The molecule has 1 fully saturated rings.